The van der Waals surface area contributed by atoms with E-state index in [0.29, 0.717) is 6.29 Å². The summed E-state index contributed by atoms with van der Waals surface area (Å²) >= 11 is 3.79. The molecule has 0 radical (unpaired) electrons. The number of carbonyl (C=O) groups excluding carboxylic acids is 1. The Morgan fingerprint density at radius 3 is 2.60 bits per heavy atom. The van der Waals surface area contributed by atoms with Crippen molar-refractivity contribution in [3.05, 3.63) is 35.1 Å². The van der Waals surface area contributed by atoms with Gasteiger partial charge in [0.05, 0.1) is 6.10 Å². The van der Waals surface area contributed by atoms with Crippen molar-refractivity contribution in [3.8, 4) is 0 Å². The van der Waals surface area contributed by atoms with Crippen LogP contribution in [0.3, 0.4) is 0 Å². The maximum absolute atomic E-state index is 13.3. The molecular formula is C10H11FO3S. The monoisotopic (exact) mass is 230 g/mol. The highest BCUT2D eigenvalue weighted by molar-refractivity contribution is 7.80. The molecule has 0 heterocycles. The van der Waals surface area contributed by atoms with Crippen molar-refractivity contribution in [1.29, 1.82) is 0 Å². The molecule has 0 aromatic heterocycles. The second-order valence-electron chi connectivity index (χ2n) is 3.09. The van der Waals surface area contributed by atoms with Gasteiger partial charge in [-0.15, -0.1) is 0 Å². The van der Waals surface area contributed by atoms with E-state index in [0.717, 1.165) is 6.07 Å². The van der Waals surface area contributed by atoms with Crippen molar-refractivity contribution in [3.63, 3.8) is 0 Å². The summed E-state index contributed by atoms with van der Waals surface area (Å²) in [6.07, 6.45) is -1.96. The van der Waals surface area contributed by atoms with E-state index in [1.54, 1.807) is 0 Å². The molecule has 2 unspecified atom stereocenters. The van der Waals surface area contributed by atoms with E-state index < -0.39 is 18.0 Å². The standard InChI is InChI=1S/C10H11FO3S/c11-8-3-6(4-12)1-2-7(8)10(14)9(13)5-15/h1-4,9-10,13-15H,5H2. The molecule has 1 aromatic rings. The summed E-state index contributed by atoms with van der Waals surface area (Å²) in [5.41, 5.74) is 0.144. The van der Waals surface area contributed by atoms with Gasteiger partial charge in [-0.1, -0.05) is 12.1 Å². The molecule has 0 saturated carbocycles. The first-order valence-corrected chi connectivity index (χ1v) is 4.95. The normalized spacial score (nSPS) is 14.7. The minimum atomic E-state index is -1.33. The summed E-state index contributed by atoms with van der Waals surface area (Å²) in [6.45, 7) is 0. The first-order chi connectivity index (χ1) is 7.10. The number of thiol groups is 1. The average molecular weight is 230 g/mol. The molecule has 0 saturated heterocycles. The van der Waals surface area contributed by atoms with Gasteiger partial charge in [0.2, 0.25) is 0 Å². The lowest BCUT2D eigenvalue weighted by molar-refractivity contribution is 0.0315. The highest BCUT2D eigenvalue weighted by Gasteiger charge is 2.20. The van der Waals surface area contributed by atoms with Crippen LogP contribution in [0.25, 0.3) is 0 Å². The van der Waals surface area contributed by atoms with Crippen molar-refractivity contribution >= 4 is 18.9 Å². The van der Waals surface area contributed by atoms with Gasteiger partial charge in [0.25, 0.3) is 0 Å². The third kappa shape index (κ3) is 2.77. The Morgan fingerprint density at radius 2 is 2.13 bits per heavy atom. The van der Waals surface area contributed by atoms with E-state index in [9.17, 15) is 19.4 Å². The van der Waals surface area contributed by atoms with E-state index in [4.69, 9.17) is 0 Å². The van der Waals surface area contributed by atoms with Crippen LogP contribution >= 0.6 is 12.6 Å². The second-order valence-corrected chi connectivity index (χ2v) is 3.46. The maximum Gasteiger partial charge on any atom is 0.150 e. The van der Waals surface area contributed by atoms with Crippen molar-refractivity contribution in [1.82, 2.24) is 0 Å². The zero-order valence-corrected chi connectivity index (χ0v) is 8.69. The third-order valence-corrected chi connectivity index (χ3v) is 2.40. The fourth-order valence-corrected chi connectivity index (χ4v) is 1.36. The Kier molecular flexibility index (Phi) is 4.26. The summed E-state index contributed by atoms with van der Waals surface area (Å²) in [6, 6.07) is 3.66. The van der Waals surface area contributed by atoms with Crippen LogP contribution in [-0.2, 0) is 0 Å². The first kappa shape index (κ1) is 12.2. The Hall–Kier alpha value is -0.910. The molecular weight excluding hydrogens is 219 g/mol. The fraction of sp³-hybridized carbons (Fsp3) is 0.300. The van der Waals surface area contributed by atoms with Crippen molar-refractivity contribution in [2.75, 3.05) is 5.75 Å². The van der Waals surface area contributed by atoms with E-state index in [2.05, 4.69) is 12.6 Å². The van der Waals surface area contributed by atoms with Crippen molar-refractivity contribution in [2.45, 2.75) is 12.2 Å². The van der Waals surface area contributed by atoms with Crippen LogP contribution in [-0.4, -0.2) is 28.4 Å². The molecule has 0 aliphatic carbocycles. The first-order valence-electron chi connectivity index (χ1n) is 4.31. The Morgan fingerprint density at radius 1 is 1.47 bits per heavy atom. The van der Waals surface area contributed by atoms with Gasteiger partial charge < -0.3 is 10.2 Å². The topological polar surface area (TPSA) is 57.5 Å². The molecule has 0 spiro atoms. The quantitative estimate of drug-likeness (QED) is 0.533. The molecule has 0 amide bonds. The summed E-state index contributed by atoms with van der Waals surface area (Å²) in [5, 5.41) is 18.8. The van der Waals surface area contributed by atoms with E-state index in [1.165, 1.54) is 12.1 Å². The minimum absolute atomic E-state index is 0.0238. The smallest absolute Gasteiger partial charge is 0.150 e. The summed E-state index contributed by atoms with van der Waals surface area (Å²) in [4.78, 5) is 10.3. The lowest BCUT2D eigenvalue weighted by Crippen LogP contribution is -2.20. The highest BCUT2D eigenvalue weighted by Crippen LogP contribution is 2.21. The molecule has 0 fully saturated rings. The predicted octanol–water partition coefficient (Wildman–Crippen LogP) is 0.962. The molecule has 0 aliphatic heterocycles. The van der Waals surface area contributed by atoms with Gasteiger partial charge in [-0.25, -0.2) is 4.39 Å². The SMILES string of the molecule is O=Cc1ccc(C(O)C(O)CS)c(F)c1. The van der Waals surface area contributed by atoms with Gasteiger partial charge >= 0.3 is 0 Å². The summed E-state index contributed by atoms with van der Waals surface area (Å²) in [7, 11) is 0. The highest BCUT2D eigenvalue weighted by atomic mass is 32.1. The number of benzene rings is 1. The number of hydrogen-bond acceptors (Lipinski definition) is 4. The number of hydrogen-bond donors (Lipinski definition) is 3. The number of aldehydes is 1. The van der Waals surface area contributed by atoms with E-state index >= 15 is 0 Å². The molecule has 3 nitrogen and oxygen atoms in total. The van der Waals surface area contributed by atoms with Crippen molar-refractivity contribution in [2.24, 2.45) is 0 Å². The molecule has 0 aliphatic rings. The largest absolute Gasteiger partial charge is 0.389 e. The Balaban J connectivity index is 2.99. The summed E-state index contributed by atoms with van der Waals surface area (Å²) in [5.74, 6) is -0.691. The Labute approximate surface area is 92.0 Å². The second kappa shape index (κ2) is 5.25. The van der Waals surface area contributed by atoms with Crippen LogP contribution < -0.4 is 0 Å². The molecule has 15 heavy (non-hydrogen) atoms. The van der Waals surface area contributed by atoms with Crippen LogP contribution in [0, 0.1) is 5.82 Å². The van der Waals surface area contributed by atoms with E-state index in [-0.39, 0.29) is 16.9 Å². The number of halogens is 1. The van der Waals surface area contributed by atoms with Gasteiger partial charge in [0.15, 0.2) is 0 Å². The molecule has 82 valence electrons. The predicted molar refractivity (Wildman–Crippen MR) is 56.6 cm³/mol. The number of carbonyl (C=O) groups is 1. The van der Waals surface area contributed by atoms with Crippen LogP contribution in [0.2, 0.25) is 0 Å². The van der Waals surface area contributed by atoms with Gasteiger partial charge in [0, 0.05) is 16.9 Å². The number of aliphatic hydroxyl groups is 2. The van der Waals surface area contributed by atoms with Crippen LogP contribution in [0.15, 0.2) is 18.2 Å². The van der Waals surface area contributed by atoms with Crippen molar-refractivity contribution < 1.29 is 19.4 Å². The lowest BCUT2D eigenvalue weighted by atomic mass is 10.0. The van der Waals surface area contributed by atoms with Gasteiger partial charge in [0.1, 0.15) is 18.2 Å². The maximum atomic E-state index is 13.3. The van der Waals surface area contributed by atoms with Gasteiger partial charge in [-0.05, 0) is 6.07 Å². The molecule has 5 heteroatoms. The van der Waals surface area contributed by atoms with Crippen LogP contribution in [0.1, 0.15) is 22.0 Å². The van der Waals surface area contributed by atoms with Gasteiger partial charge in [-0.3, -0.25) is 4.79 Å². The Bertz CT molecular complexity index is 357. The fourth-order valence-electron chi connectivity index (χ4n) is 1.16. The van der Waals surface area contributed by atoms with Gasteiger partial charge in [-0.2, -0.15) is 12.6 Å². The van der Waals surface area contributed by atoms with Crippen LogP contribution in [0.5, 0.6) is 0 Å². The molecule has 1 aromatic carbocycles. The summed E-state index contributed by atoms with van der Waals surface area (Å²) < 4.78 is 13.3. The zero-order chi connectivity index (χ0) is 11.4. The average Bonchev–Trinajstić information content (AvgIpc) is 2.26. The number of rotatable bonds is 4. The molecule has 2 atom stereocenters. The minimum Gasteiger partial charge on any atom is -0.389 e. The third-order valence-electron chi connectivity index (χ3n) is 2.03. The van der Waals surface area contributed by atoms with E-state index in [1.807, 2.05) is 0 Å². The number of aliphatic hydroxyl groups excluding tert-OH is 2. The molecule has 2 N–H and O–H groups in total. The molecule has 1 rings (SSSR count). The molecule has 0 bridgehead atoms. The zero-order valence-electron chi connectivity index (χ0n) is 7.80. The lowest BCUT2D eigenvalue weighted by Gasteiger charge is -2.16. The van der Waals surface area contributed by atoms with Crippen LogP contribution in [0.4, 0.5) is 4.39 Å².